The molecule has 5 heteroatoms. The molecular weight excluding hydrogens is 305 g/mol. The number of rotatable bonds is 2. The van der Waals surface area contributed by atoms with E-state index in [9.17, 15) is 5.11 Å². The van der Waals surface area contributed by atoms with Crippen molar-refractivity contribution in [2.75, 3.05) is 0 Å². The van der Waals surface area contributed by atoms with Gasteiger partial charge >= 0.3 is 0 Å². The molecule has 1 saturated carbocycles. The third-order valence-corrected chi connectivity index (χ3v) is 3.80. The Hall–Kier alpha value is -0.850. The Morgan fingerprint density at radius 2 is 2.27 bits per heavy atom. The van der Waals surface area contributed by atoms with Crippen molar-refractivity contribution < 1.29 is 5.11 Å². The second-order valence-corrected chi connectivity index (χ2v) is 5.06. The zero-order valence-corrected chi connectivity index (χ0v) is 10.2. The number of hydrogen-bond acceptors (Lipinski definition) is 3. The van der Waals surface area contributed by atoms with E-state index in [0.717, 1.165) is 27.1 Å². The number of aromatic hydroxyl groups is 1. The van der Waals surface area contributed by atoms with Gasteiger partial charge in [-0.25, -0.2) is 4.68 Å². The lowest BCUT2D eigenvalue weighted by Gasteiger charge is -2.00. The highest BCUT2D eigenvalue weighted by atomic mass is 127. The molecule has 2 aromatic rings. The predicted octanol–water partition coefficient (Wildman–Crippen LogP) is 2.15. The monoisotopic (exact) mass is 315 g/mol. The zero-order chi connectivity index (χ0) is 10.4. The highest BCUT2D eigenvalue weighted by molar-refractivity contribution is 14.1. The van der Waals surface area contributed by atoms with E-state index < -0.39 is 0 Å². The van der Waals surface area contributed by atoms with Gasteiger partial charge in [-0.1, -0.05) is 5.21 Å². The molecule has 1 heterocycles. The normalized spacial score (nSPS) is 16.1. The molecule has 0 unspecified atom stereocenters. The lowest BCUT2D eigenvalue weighted by atomic mass is 10.3. The number of phenols is 1. The maximum atomic E-state index is 9.54. The summed E-state index contributed by atoms with van der Waals surface area (Å²) >= 11 is 2.10. The lowest BCUT2D eigenvalue weighted by molar-refractivity contribution is 0.472. The minimum absolute atomic E-state index is 0.279. The van der Waals surface area contributed by atoms with Crippen molar-refractivity contribution in [3.05, 3.63) is 15.7 Å². The van der Waals surface area contributed by atoms with Gasteiger partial charge in [-0.15, -0.1) is 5.10 Å². The first-order valence-corrected chi connectivity index (χ1v) is 6.04. The first-order chi connectivity index (χ1) is 7.25. The van der Waals surface area contributed by atoms with Crippen LogP contribution >= 0.6 is 22.6 Å². The first-order valence-electron chi connectivity index (χ1n) is 4.96. The van der Waals surface area contributed by atoms with Gasteiger partial charge in [0.15, 0.2) is 0 Å². The maximum Gasteiger partial charge on any atom is 0.131 e. The van der Waals surface area contributed by atoms with E-state index in [4.69, 9.17) is 0 Å². The van der Waals surface area contributed by atoms with Crippen molar-refractivity contribution in [3.8, 4) is 5.75 Å². The summed E-state index contributed by atoms with van der Waals surface area (Å²) in [5.74, 6) is 1.06. The predicted molar refractivity (Wildman–Crippen MR) is 64.6 cm³/mol. The third-order valence-electron chi connectivity index (χ3n) is 2.73. The summed E-state index contributed by atoms with van der Waals surface area (Å²) in [5.41, 5.74) is 1.82. The van der Waals surface area contributed by atoms with Crippen LogP contribution in [0.5, 0.6) is 5.75 Å². The Morgan fingerprint density at radius 3 is 3.00 bits per heavy atom. The topological polar surface area (TPSA) is 50.9 Å². The Labute approximate surface area is 100 Å². The van der Waals surface area contributed by atoms with Crippen molar-refractivity contribution >= 4 is 33.6 Å². The van der Waals surface area contributed by atoms with Gasteiger partial charge in [0.2, 0.25) is 0 Å². The smallest absolute Gasteiger partial charge is 0.131 e. The molecule has 0 saturated heterocycles. The standard InChI is InChI=1S/C10H10IN3O/c11-9-8(15)4-3-7-10(9)12-13-14(7)5-6-1-2-6/h3-4,6,15H,1-2,5H2. The summed E-state index contributed by atoms with van der Waals surface area (Å²) in [5, 5.41) is 17.8. The lowest BCUT2D eigenvalue weighted by Crippen LogP contribution is -2.01. The van der Waals surface area contributed by atoms with Crippen molar-refractivity contribution in [2.24, 2.45) is 5.92 Å². The number of halogens is 1. The molecule has 4 nitrogen and oxygen atoms in total. The van der Waals surface area contributed by atoms with Gasteiger partial charge in [0.1, 0.15) is 11.3 Å². The van der Waals surface area contributed by atoms with Crippen LogP contribution < -0.4 is 0 Å². The molecule has 0 radical (unpaired) electrons. The average molecular weight is 315 g/mol. The van der Waals surface area contributed by atoms with Crippen LogP contribution in [0.4, 0.5) is 0 Å². The molecule has 1 aliphatic rings. The van der Waals surface area contributed by atoms with Crippen LogP contribution in [0.15, 0.2) is 12.1 Å². The molecule has 78 valence electrons. The Bertz CT molecular complexity index is 519. The minimum atomic E-state index is 0.279. The molecule has 1 N–H and O–H groups in total. The summed E-state index contributed by atoms with van der Waals surface area (Å²) in [6, 6.07) is 3.59. The number of phenolic OH excluding ortho intramolecular Hbond substituents is 1. The van der Waals surface area contributed by atoms with Crippen molar-refractivity contribution in [3.63, 3.8) is 0 Å². The van der Waals surface area contributed by atoms with E-state index in [1.165, 1.54) is 12.8 Å². The summed E-state index contributed by atoms with van der Waals surface area (Å²) in [6.45, 7) is 0.956. The first kappa shape index (κ1) is 9.38. The number of hydrogen-bond donors (Lipinski definition) is 1. The number of aromatic nitrogens is 3. The van der Waals surface area contributed by atoms with Crippen LogP contribution in [0.1, 0.15) is 12.8 Å². The summed E-state index contributed by atoms with van der Waals surface area (Å²) in [6.07, 6.45) is 2.60. The zero-order valence-electron chi connectivity index (χ0n) is 8.02. The van der Waals surface area contributed by atoms with Gasteiger partial charge in [0.25, 0.3) is 0 Å². The van der Waals surface area contributed by atoms with Gasteiger partial charge in [-0.05, 0) is 53.5 Å². The van der Waals surface area contributed by atoms with Crippen LogP contribution in [0.3, 0.4) is 0 Å². The second kappa shape index (κ2) is 3.33. The van der Waals surface area contributed by atoms with Gasteiger partial charge in [0.05, 0.1) is 9.09 Å². The molecule has 0 atom stereocenters. The average Bonchev–Trinajstić information content (AvgIpc) is 2.93. The molecule has 0 aliphatic heterocycles. The highest BCUT2D eigenvalue weighted by Gasteiger charge is 2.23. The van der Waals surface area contributed by atoms with E-state index in [0.29, 0.717) is 0 Å². The van der Waals surface area contributed by atoms with Crippen molar-refractivity contribution in [1.29, 1.82) is 0 Å². The molecule has 0 spiro atoms. The van der Waals surface area contributed by atoms with Crippen molar-refractivity contribution in [1.82, 2.24) is 15.0 Å². The third kappa shape index (κ3) is 1.58. The Balaban J connectivity index is 2.12. The quantitative estimate of drug-likeness (QED) is 0.864. The van der Waals surface area contributed by atoms with Crippen LogP contribution in [0.2, 0.25) is 0 Å². The van der Waals surface area contributed by atoms with Gasteiger partial charge in [0, 0.05) is 6.54 Å². The van der Waals surface area contributed by atoms with Crippen molar-refractivity contribution in [2.45, 2.75) is 19.4 Å². The van der Waals surface area contributed by atoms with Crippen LogP contribution in [0.25, 0.3) is 11.0 Å². The second-order valence-electron chi connectivity index (χ2n) is 3.98. The summed E-state index contributed by atoms with van der Waals surface area (Å²) in [7, 11) is 0. The largest absolute Gasteiger partial charge is 0.507 e. The molecule has 15 heavy (non-hydrogen) atoms. The van der Waals surface area contributed by atoms with E-state index >= 15 is 0 Å². The fourth-order valence-corrected chi connectivity index (χ4v) is 2.24. The van der Waals surface area contributed by atoms with Gasteiger partial charge < -0.3 is 5.11 Å². The van der Waals surface area contributed by atoms with Gasteiger partial charge in [-0.2, -0.15) is 0 Å². The number of benzene rings is 1. The summed E-state index contributed by atoms with van der Waals surface area (Å²) < 4.78 is 2.72. The maximum absolute atomic E-state index is 9.54. The van der Waals surface area contributed by atoms with Crippen LogP contribution in [-0.2, 0) is 6.54 Å². The Morgan fingerprint density at radius 1 is 1.47 bits per heavy atom. The number of nitrogens with zero attached hydrogens (tertiary/aromatic N) is 3. The fourth-order valence-electron chi connectivity index (χ4n) is 1.67. The fraction of sp³-hybridized carbons (Fsp3) is 0.400. The van der Waals surface area contributed by atoms with E-state index in [1.54, 1.807) is 6.07 Å². The minimum Gasteiger partial charge on any atom is -0.507 e. The SMILES string of the molecule is Oc1ccc2c(nnn2CC2CC2)c1I. The molecule has 0 amide bonds. The highest BCUT2D eigenvalue weighted by Crippen LogP contribution is 2.32. The van der Waals surface area contributed by atoms with E-state index in [1.807, 2.05) is 10.7 Å². The van der Waals surface area contributed by atoms with Crippen LogP contribution in [0, 0.1) is 9.49 Å². The summed E-state index contributed by atoms with van der Waals surface area (Å²) in [4.78, 5) is 0. The Kier molecular flexibility index (Phi) is 2.08. The van der Waals surface area contributed by atoms with E-state index in [-0.39, 0.29) is 5.75 Å². The van der Waals surface area contributed by atoms with Crippen LogP contribution in [-0.4, -0.2) is 20.1 Å². The van der Waals surface area contributed by atoms with E-state index in [2.05, 4.69) is 32.9 Å². The molecule has 1 fully saturated rings. The molecule has 3 rings (SSSR count). The molecule has 1 aliphatic carbocycles. The molecule has 1 aromatic carbocycles. The molecular formula is C10H10IN3O. The molecule has 1 aromatic heterocycles. The molecule has 0 bridgehead atoms. The number of fused-ring (bicyclic) bond motifs is 1. The van der Waals surface area contributed by atoms with Gasteiger partial charge in [-0.3, -0.25) is 0 Å².